The smallest absolute Gasteiger partial charge is 0.250 e. The van der Waals surface area contributed by atoms with Gasteiger partial charge in [0, 0.05) is 6.20 Å². The van der Waals surface area contributed by atoms with Gasteiger partial charge in [0.15, 0.2) is 0 Å². The molecule has 1 heterocycles. The molecule has 1 aromatic rings. The van der Waals surface area contributed by atoms with Crippen molar-refractivity contribution < 1.29 is 4.79 Å². The van der Waals surface area contributed by atoms with Crippen molar-refractivity contribution >= 4 is 17.5 Å². The zero-order valence-electron chi connectivity index (χ0n) is 7.04. The number of pyridine rings is 1. The first-order chi connectivity index (χ1) is 5.70. The maximum atomic E-state index is 10.5. The maximum Gasteiger partial charge on any atom is 0.250 e. The van der Waals surface area contributed by atoms with E-state index in [4.69, 9.17) is 17.3 Å². The van der Waals surface area contributed by atoms with Gasteiger partial charge in [-0.25, -0.2) is 4.98 Å². The molecule has 0 radical (unpaired) electrons. The molecule has 2 N–H and O–H groups in total. The molecule has 1 amide bonds. The van der Waals surface area contributed by atoms with E-state index in [1.165, 1.54) is 18.3 Å². The first-order valence-corrected chi connectivity index (χ1v) is 3.99. The van der Waals surface area contributed by atoms with E-state index in [-0.39, 0.29) is 0 Å². The Labute approximate surface area is 76.6 Å². The number of hydrogen-bond donors (Lipinski definition) is 1. The van der Waals surface area contributed by atoms with Crippen LogP contribution < -0.4 is 5.73 Å². The zero-order valence-corrected chi connectivity index (χ0v) is 7.80. The van der Waals surface area contributed by atoms with E-state index < -0.39 is 5.91 Å². The number of rotatable bonds is 1. The second-order valence-electron chi connectivity index (χ2n) is 1.73. The average molecular weight is 187 g/mol. The molecule has 1 aromatic heterocycles. The Kier molecular flexibility index (Phi) is 5.04. The fraction of sp³-hybridized carbons (Fsp3) is 0.250. The van der Waals surface area contributed by atoms with Gasteiger partial charge in [-0.3, -0.25) is 4.79 Å². The summed E-state index contributed by atoms with van der Waals surface area (Å²) in [6.07, 6.45) is 1.34. The second kappa shape index (κ2) is 5.55. The molecule has 0 aromatic carbocycles. The summed E-state index contributed by atoms with van der Waals surface area (Å²) in [5.41, 5.74) is 5.31. The number of carbonyl (C=O) groups excluding carboxylic acids is 1. The third-order valence-electron chi connectivity index (χ3n) is 1.01. The van der Waals surface area contributed by atoms with Crippen LogP contribution in [0, 0.1) is 0 Å². The summed E-state index contributed by atoms with van der Waals surface area (Å²) in [7, 11) is 0. The van der Waals surface area contributed by atoms with Gasteiger partial charge in [0.25, 0.3) is 0 Å². The van der Waals surface area contributed by atoms with Crippen molar-refractivity contribution in [2.45, 2.75) is 13.8 Å². The quantitative estimate of drug-likeness (QED) is 0.681. The summed E-state index contributed by atoms with van der Waals surface area (Å²) < 4.78 is 0. The highest BCUT2D eigenvalue weighted by atomic mass is 35.5. The average Bonchev–Trinajstić information content (AvgIpc) is 2.09. The molecule has 0 bridgehead atoms. The molecule has 3 nitrogen and oxygen atoms in total. The summed E-state index contributed by atoms with van der Waals surface area (Å²) in [6, 6.07) is 3.04. The number of halogens is 1. The van der Waals surface area contributed by atoms with Crippen molar-refractivity contribution in [3.05, 3.63) is 29.0 Å². The minimum Gasteiger partial charge on any atom is -0.366 e. The Morgan fingerprint density at radius 2 is 2.08 bits per heavy atom. The van der Waals surface area contributed by atoms with Crippen molar-refractivity contribution in [3.63, 3.8) is 0 Å². The van der Waals surface area contributed by atoms with Crippen LogP contribution in [0.1, 0.15) is 24.2 Å². The minimum atomic E-state index is -0.496. The minimum absolute atomic E-state index is 0.352. The largest absolute Gasteiger partial charge is 0.366 e. The summed E-state index contributed by atoms with van der Waals surface area (Å²) in [5, 5.41) is 0.352. The number of primary amides is 1. The molecule has 0 aliphatic heterocycles. The molecule has 0 spiro atoms. The van der Waals surface area contributed by atoms with Crippen molar-refractivity contribution in [1.29, 1.82) is 0 Å². The lowest BCUT2D eigenvalue weighted by Crippen LogP contribution is -2.10. The van der Waals surface area contributed by atoms with Crippen molar-refractivity contribution in [3.8, 4) is 0 Å². The number of hydrogen-bond acceptors (Lipinski definition) is 2. The first-order valence-electron chi connectivity index (χ1n) is 3.61. The zero-order chi connectivity index (χ0) is 9.56. The van der Waals surface area contributed by atoms with Crippen LogP contribution >= 0.6 is 11.6 Å². The van der Waals surface area contributed by atoms with Crippen molar-refractivity contribution in [2.24, 2.45) is 5.73 Å². The first kappa shape index (κ1) is 10.9. The SMILES string of the molecule is CC.NC(=O)c1ccc(Cl)nc1. The lowest BCUT2D eigenvalue weighted by molar-refractivity contribution is 0.1000. The molecule has 66 valence electrons. The fourth-order valence-corrected chi connectivity index (χ4v) is 0.633. The van der Waals surface area contributed by atoms with Crippen LogP contribution in [0.25, 0.3) is 0 Å². The number of amides is 1. The lowest BCUT2D eigenvalue weighted by atomic mass is 10.3. The maximum absolute atomic E-state index is 10.5. The molecule has 0 saturated heterocycles. The van der Waals surface area contributed by atoms with Crippen LogP contribution in [-0.2, 0) is 0 Å². The van der Waals surface area contributed by atoms with Crippen LogP contribution in [0.15, 0.2) is 18.3 Å². The van der Waals surface area contributed by atoms with E-state index in [9.17, 15) is 4.79 Å². The number of nitrogens with zero attached hydrogens (tertiary/aromatic N) is 1. The number of carbonyl (C=O) groups is 1. The standard InChI is InChI=1S/C6H5ClN2O.C2H6/c7-5-2-1-4(3-9-5)6(8)10;1-2/h1-3H,(H2,8,10);1-2H3. The monoisotopic (exact) mass is 186 g/mol. The van der Waals surface area contributed by atoms with E-state index in [1.54, 1.807) is 0 Å². The normalized spacial score (nSPS) is 8.25. The lowest BCUT2D eigenvalue weighted by Gasteiger charge is -1.91. The van der Waals surface area contributed by atoms with Crippen molar-refractivity contribution in [2.75, 3.05) is 0 Å². The molecule has 0 aliphatic rings. The van der Waals surface area contributed by atoms with Gasteiger partial charge in [-0.15, -0.1) is 0 Å². The summed E-state index contributed by atoms with van der Waals surface area (Å²) in [5.74, 6) is -0.496. The second-order valence-corrected chi connectivity index (χ2v) is 2.12. The Morgan fingerprint density at radius 1 is 1.50 bits per heavy atom. The van der Waals surface area contributed by atoms with E-state index in [1.807, 2.05) is 13.8 Å². The van der Waals surface area contributed by atoms with E-state index in [0.717, 1.165) is 0 Å². The third-order valence-corrected chi connectivity index (χ3v) is 1.24. The molecule has 0 atom stereocenters. The van der Waals surface area contributed by atoms with Crippen molar-refractivity contribution in [1.82, 2.24) is 4.98 Å². The summed E-state index contributed by atoms with van der Waals surface area (Å²) in [4.78, 5) is 14.1. The molecule has 0 unspecified atom stereocenters. The van der Waals surface area contributed by atoms with Gasteiger partial charge < -0.3 is 5.73 Å². The predicted octanol–water partition coefficient (Wildman–Crippen LogP) is 1.86. The van der Waals surface area contributed by atoms with Gasteiger partial charge in [-0.1, -0.05) is 25.4 Å². The Hall–Kier alpha value is -1.09. The highest BCUT2D eigenvalue weighted by Gasteiger charge is 1.97. The Bertz CT molecular complexity index is 246. The van der Waals surface area contributed by atoms with E-state index >= 15 is 0 Å². The van der Waals surface area contributed by atoms with Crippen LogP contribution in [0.3, 0.4) is 0 Å². The van der Waals surface area contributed by atoms with Crippen LogP contribution in [-0.4, -0.2) is 10.9 Å². The van der Waals surface area contributed by atoms with Crippen LogP contribution in [0.2, 0.25) is 5.15 Å². The Balaban J connectivity index is 0.000000561. The van der Waals surface area contributed by atoms with Gasteiger partial charge in [0.1, 0.15) is 5.15 Å². The topological polar surface area (TPSA) is 56.0 Å². The molecule has 4 heteroatoms. The molecular formula is C8H11ClN2O. The molecule has 0 aliphatic carbocycles. The van der Waals surface area contributed by atoms with Gasteiger partial charge in [-0.2, -0.15) is 0 Å². The van der Waals surface area contributed by atoms with Gasteiger partial charge in [0.05, 0.1) is 5.56 Å². The molecule has 12 heavy (non-hydrogen) atoms. The van der Waals surface area contributed by atoms with Gasteiger partial charge in [0.2, 0.25) is 5.91 Å². The van der Waals surface area contributed by atoms with E-state index in [0.29, 0.717) is 10.7 Å². The van der Waals surface area contributed by atoms with Crippen LogP contribution in [0.5, 0.6) is 0 Å². The molecule has 0 fully saturated rings. The fourth-order valence-electron chi connectivity index (χ4n) is 0.522. The highest BCUT2D eigenvalue weighted by molar-refractivity contribution is 6.29. The van der Waals surface area contributed by atoms with Gasteiger partial charge >= 0.3 is 0 Å². The number of aromatic nitrogens is 1. The predicted molar refractivity (Wildman–Crippen MR) is 49.1 cm³/mol. The summed E-state index contributed by atoms with van der Waals surface area (Å²) >= 11 is 5.45. The molecule has 1 rings (SSSR count). The van der Waals surface area contributed by atoms with Crippen LogP contribution in [0.4, 0.5) is 0 Å². The third kappa shape index (κ3) is 3.34. The molecule has 0 saturated carbocycles. The van der Waals surface area contributed by atoms with Gasteiger partial charge in [-0.05, 0) is 12.1 Å². The Morgan fingerprint density at radius 3 is 2.42 bits per heavy atom. The van der Waals surface area contributed by atoms with E-state index in [2.05, 4.69) is 4.98 Å². The highest BCUT2D eigenvalue weighted by Crippen LogP contribution is 2.03. The number of nitrogens with two attached hydrogens (primary N) is 1. The molecular weight excluding hydrogens is 176 g/mol. The summed E-state index contributed by atoms with van der Waals surface area (Å²) in [6.45, 7) is 4.00.